The molecule has 5 nitrogen and oxygen atoms in total. The van der Waals surface area contributed by atoms with Crippen LogP contribution < -0.4 is 15.2 Å². The fourth-order valence-corrected chi connectivity index (χ4v) is 3.79. The number of fused-ring (bicyclic) bond motifs is 2. The first-order valence-corrected chi connectivity index (χ1v) is 7.90. The quantitative estimate of drug-likeness (QED) is 0.853. The van der Waals surface area contributed by atoms with Gasteiger partial charge in [0.25, 0.3) is 0 Å². The maximum absolute atomic E-state index is 5.95. The normalized spacial score (nSPS) is 16.6. The predicted octanol–water partition coefficient (Wildman–Crippen LogP) is 3.34. The highest BCUT2D eigenvalue weighted by Gasteiger charge is 2.30. The van der Waals surface area contributed by atoms with Gasteiger partial charge in [0.1, 0.15) is 11.5 Å². The second kappa shape index (κ2) is 4.94. The van der Waals surface area contributed by atoms with Crippen LogP contribution in [0.5, 0.6) is 11.5 Å². The predicted molar refractivity (Wildman–Crippen MR) is 81.7 cm³/mol. The highest BCUT2D eigenvalue weighted by Crippen LogP contribution is 2.50. The number of nitrogens with two attached hydrogens (primary N) is 1. The third-order valence-electron chi connectivity index (χ3n) is 3.95. The minimum absolute atomic E-state index is 0.378. The Bertz CT molecular complexity index is 674. The summed E-state index contributed by atoms with van der Waals surface area (Å²) in [5, 5.41) is 3.81. The van der Waals surface area contributed by atoms with Gasteiger partial charge >= 0.3 is 0 Å². The Morgan fingerprint density at radius 1 is 1.05 bits per heavy atom. The van der Waals surface area contributed by atoms with Gasteiger partial charge in [0.15, 0.2) is 11.6 Å². The van der Waals surface area contributed by atoms with Crippen LogP contribution in [0.25, 0.3) is 11.3 Å². The van der Waals surface area contributed by atoms with Crippen LogP contribution in [0.15, 0.2) is 15.1 Å². The molecule has 0 saturated carbocycles. The van der Waals surface area contributed by atoms with E-state index in [0.29, 0.717) is 11.6 Å². The van der Waals surface area contributed by atoms with Crippen molar-refractivity contribution in [2.75, 3.05) is 18.9 Å². The number of halogens is 1. The molecule has 110 valence electrons. The summed E-state index contributed by atoms with van der Waals surface area (Å²) < 4.78 is 18.3. The Hall–Kier alpha value is -1.69. The van der Waals surface area contributed by atoms with E-state index < -0.39 is 0 Å². The summed E-state index contributed by atoms with van der Waals surface area (Å²) >= 11 is 3.69. The third kappa shape index (κ3) is 2.00. The van der Waals surface area contributed by atoms with Gasteiger partial charge in [-0.3, -0.25) is 0 Å². The molecule has 2 aliphatic heterocycles. The molecule has 1 aromatic carbocycles. The zero-order valence-corrected chi connectivity index (χ0v) is 13.0. The molecule has 0 aliphatic carbocycles. The number of hydrogen-bond donors (Lipinski definition) is 1. The van der Waals surface area contributed by atoms with Crippen LogP contribution >= 0.6 is 15.9 Å². The number of ether oxygens (including phenoxy) is 2. The topological polar surface area (TPSA) is 70.5 Å². The summed E-state index contributed by atoms with van der Waals surface area (Å²) in [7, 11) is 0. The zero-order chi connectivity index (χ0) is 14.4. The SMILES string of the molecule is Nc1cc(-c2c3c(c(Br)c4c2OCCC4)OCCC3)on1. The van der Waals surface area contributed by atoms with Crippen LogP contribution in [-0.4, -0.2) is 18.4 Å². The van der Waals surface area contributed by atoms with Crippen molar-refractivity contribution in [2.45, 2.75) is 25.7 Å². The summed E-state index contributed by atoms with van der Waals surface area (Å²) in [6.45, 7) is 1.46. The average molecular weight is 351 g/mol. The first-order valence-electron chi connectivity index (χ1n) is 7.11. The van der Waals surface area contributed by atoms with E-state index in [1.807, 2.05) is 0 Å². The van der Waals surface area contributed by atoms with Crippen molar-refractivity contribution < 1.29 is 14.0 Å². The highest BCUT2D eigenvalue weighted by molar-refractivity contribution is 9.10. The van der Waals surface area contributed by atoms with Crippen molar-refractivity contribution in [3.63, 3.8) is 0 Å². The zero-order valence-electron chi connectivity index (χ0n) is 11.4. The number of hydrogen-bond acceptors (Lipinski definition) is 5. The van der Waals surface area contributed by atoms with Gasteiger partial charge < -0.3 is 19.7 Å². The summed E-state index contributed by atoms with van der Waals surface area (Å²) in [4.78, 5) is 0. The Labute approximate surface area is 130 Å². The molecule has 0 atom stereocenters. The second-order valence-electron chi connectivity index (χ2n) is 5.32. The van der Waals surface area contributed by atoms with E-state index in [-0.39, 0.29) is 0 Å². The Balaban J connectivity index is 2.03. The molecule has 3 heterocycles. The minimum atomic E-state index is 0.378. The van der Waals surface area contributed by atoms with Gasteiger partial charge in [-0.25, -0.2) is 0 Å². The molecular formula is C15H15BrN2O3. The first-order chi connectivity index (χ1) is 10.3. The molecule has 0 fully saturated rings. The second-order valence-corrected chi connectivity index (χ2v) is 6.12. The van der Waals surface area contributed by atoms with Gasteiger partial charge in [0.2, 0.25) is 0 Å². The maximum atomic E-state index is 5.95. The lowest BCUT2D eigenvalue weighted by Crippen LogP contribution is -2.16. The fraction of sp³-hybridized carbons (Fsp3) is 0.400. The molecule has 2 N–H and O–H groups in total. The van der Waals surface area contributed by atoms with E-state index in [4.69, 9.17) is 19.7 Å². The van der Waals surface area contributed by atoms with Crippen LogP contribution in [0, 0.1) is 0 Å². The molecule has 6 heteroatoms. The van der Waals surface area contributed by atoms with E-state index in [2.05, 4.69) is 21.1 Å². The van der Waals surface area contributed by atoms with Crippen molar-refractivity contribution in [3.05, 3.63) is 21.7 Å². The van der Waals surface area contributed by atoms with Crippen LogP contribution in [0.3, 0.4) is 0 Å². The van der Waals surface area contributed by atoms with Gasteiger partial charge in [-0.15, -0.1) is 0 Å². The van der Waals surface area contributed by atoms with Crippen LogP contribution in [0.4, 0.5) is 5.82 Å². The van der Waals surface area contributed by atoms with Gasteiger partial charge in [0.05, 0.1) is 23.2 Å². The summed E-state index contributed by atoms with van der Waals surface area (Å²) in [5.41, 5.74) is 8.92. The Morgan fingerprint density at radius 2 is 1.76 bits per heavy atom. The summed E-state index contributed by atoms with van der Waals surface area (Å²) in [6, 6.07) is 1.75. The van der Waals surface area contributed by atoms with E-state index in [9.17, 15) is 0 Å². The molecule has 2 aliphatic rings. The molecule has 0 radical (unpaired) electrons. The molecule has 4 rings (SSSR count). The van der Waals surface area contributed by atoms with E-state index in [0.717, 1.165) is 71.6 Å². The number of anilines is 1. The fourth-order valence-electron chi connectivity index (χ4n) is 3.06. The van der Waals surface area contributed by atoms with Crippen LogP contribution in [0.2, 0.25) is 0 Å². The van der Waals surface area contributed by atoms with Crippen molar-refractivity contribution in [1.82, 2.24) is 5.16 Å². The molecule has 21 heavy (non-hydrogen) atoms. The van der Waals surface area contributed by atoms with Gasteiger partial charge in [-0.2, -0.15) is 0 Å². The molecule has 0 amide bonds. The standard InChI is InChI=1S/C15H15BrN2O3/c16-13-9-4-2-5-19-14(9)12(10-7-11(17)18-21-10)8-3-1-6-20-15(8)13/h7H,1-6H2,(H2,17,18). The first kappa shape index (κ1) is 13.0. The number of benzene rings is 1. The highest BCUT2D eigenvalue weighted by atomic mass is 79.9. The van der Waals surface area contributed by atoms with Gasteiger partial charge in [-0.1, -0.05) is 5.16 Å². The minimum Gasteiger partial charge on any atom is -0.492 e. The van der Waals surface area contributed by atoms with E-state index >= 15 is 0 Å². The molecule has 2 aromatic rings. The Morgan fingerprint density at radius 3 is 2.48 bits per heavy atom. The maximum Gasteiger partial charge on any atom is 0.173 e. The van der Waals surface area contributed by atoms with Crippen molar-refractivity contribution in [1.29, 1.82) is 0 Å². The molecule has 0 bridgehead atoms. The largest absolute Gasteiger partial charge is 0.492 e. The van der Waals surface area contributed by atoms with Crippen molar-refractivity contribution in [3.8, 4) is 22.8 Å². The molecular weight excluding hydrogens is 336 g/mol. The van der Waals surface area contributed by atoms with Crippen LogP contribution in [-0.2, 0) is 12.8 Å². The lowest BCUT2D eigenvalue weighted by molar-refractivity contribution is 0.271. The lowest BCUT2D eigenvalue weighted by atomic mass is 9.92. The van der Waals surface area contributed by atoms with E-state index in [1.54, 1.807) is 6.07 Å². The molecule has 0 saturated heterocycles. The van der Waals surface area contributed by atoms with Gasteiger partial charge in [0, 0.05) is 17.2 Å². The third-order valence-corrected chi connectivity index (χ3v) is 4.79. The molecule has 0 spiro atoms. The van der Waals surface area contributed by atoms with E-state index in [1.165, 1.54) is 0 Å². The number of rotatable bonds is 1. The molecule has 0 unspecified atom stereocenters. The Kier molecular flexibility index (Phi) is 3.06. The molecule has 1 aromatic heterocycles. The van der Waals surface area contributed by atoms with Crippen molar-refractivity contribution in [2.24, 2.45) is 0 Å². The van der Waals surface area contributed by atoms with Crippen LogP contribution in [0.1, 0.15) is 24.0 Å². The summed E-state index contributed by atoms with van der Waals surface area (Å²) in [5.74, 6) is 2.83. The average Bonchev–Trinajstić information content (AvgIpc) is 2.94. The number of nitrogen functional groups attached to an aromatic ring is 1. The van der Waals surface area contributed by atoms with Gasteiger partial charge in [-0.05, 0) is 41.6 Å². The lowest BCUT2D eigenvalue weighted by Gasteiger charge is -2.28. The summed E-state index contributed by atoms with van der Waals surface area (Å²) in [6.07, 6.45) is 3.88. The van der Waals surface area contributed by atoms with Crippen molar-refractivity contribution >= 4 is 21.7 Å². The number of aromatic nitrogens is 1. The monoisotopic (exact) mass is 350 g/mol. The number of nitrogens with zero attached hydrogens (tertiary/aromatic N) is 1. The smallest absolute Gasteiger partial charge is 0.173 e.